The average Bonchev–Trinajstić information content (AvgIpc) is 3.13. The van der Waals surface area contributed by atoms with Gasteiger partial charge in [0.2, 0.25) is 11.8 Å². The number of hydrogen-bond donors (Lipinski definition) is 14. The van der Waals surface area contributed by atoms with Gasteiger partial charge >= 0.3 is 11.9 Å². The Labute approximate surface area is 320 Å². The lowest BCUT2D eigenvalue weighted by atomic mass is 9.88. The molecule has 3 rings (SSSR count). The third-order valence-electron chi connectivity index (χ3n) is 9.46. The summed E-state index contributed by atoms with van der Waals surface area (Å²) in [7, 11) is 0. The van der Waals surface area contributed by atoms with Crippen molar-refractivity contribution in [3.63, 3.8) is 0 Å². The first-order valence-electron chi connectivity index (χ1n) is 17.8. The molecule has 7 unspecified atom stereocenters. The SMILES string of the molecule is CC(=O)N[C@@H]1C(O)C[C@](O[C@@H]2C(O)[C@H](O[C@@H]3C[C@@H](OCC(N)C(=O)NC(CC(C)C)C(=O)O)OC(CO)[C@@H]3O)OC(CO)[C@@H]2O)(C(=O)O)OC1[C@H](O)[C@H](O)CO. The minimum absolute atomic E-state index is 0.0721. The highest BCUT2D eigenvalue weighted by atomic mass is 16.8. The Balaban J connectivity index is 1.82. The molecule has 3 fully saturated rings. The zero-order valence-electron chi connectivity index (χ0n) is 30.8. The predicted molar refractivity (Wildman–Crippen MR) is 179 cm³/mol. The van der Waals surface area contributed by atoms with E-state index in [1.165, 1.54) is 0 Å². The number of amides is 2. The summed E-state index contributed by atoms with van der Waals surface area (Å²) in [5.74, 6) is -7.99. The zero-order valence-corrected chi connectivity index (χ0v) is 30.8. The molecule has 324 valence electrons. The van der Waals surface area contributed by atoms with Crippen molar-refractivity contribution >= 4 is 23.8 Å². The lowest BCUT2D eigenvalue weighted by Crippen LogP contribution is -2.70. The molecule has 15 N–H and O–H groups in total. The molecule has 3 aliphatic rings. The summed E-state index contributed by atoms with van der Waals surface area (Å²) in [6, 6.07) is -4.19. The number of carboxylic acids is 2. The normalized spacial score (nSPS) is 37.2. The Morgan fingerprint density at radius 3 is 2.11 bits per heavy atom. The van der Waals surface area contributed by atoms with Gasteiger partial charge in [0.1, 0.15) is 67.0 Å². The molecular weight excluding hydrogens is 762 g/mol. The van der Waals surface area contributed by atoms with Crippen LogP contribution >= 0.6 is 0 Å². The van der Waals surface area contributed by atoms with E-state index < -0.39 is 167 Å². The predicted octanol–water partition coefficient (Wildman–Crippen LogP) is -7.23. The fraction of sp³-hybridized carbons (Fsp3) is 0.875. The van der Waals surface area contributed by atoms with E-state index in [4.69, 9.17) is 34.2 Å². The molecule has 3 heterocycles. The molecule has 0 aromatic rings. The van der Waals surface area contributed by atoms with Crippen LogP contribution in [0.2, 0.25) is 0 Å². The number of aliphatic carboxylic acids is 2. The first kappa shape index (κ1) is 47.6. The van der Waals surface area contributed by atoms with Gasteiger partial charge in [-0.3, -0.25) is 9.59 Å². The van der Waals surface area contributed by atoms with Crippen molar-refractivity contribution in [1.82, 2.24) is 10.6 Å². The summed E-state index contributed by atoms with van der Waals surface area (Å²) >= 11 is 0. The number of nitrogens with one attached hydrogen (secondary N) is 2. The van der Waals surface area contributed by atoms with Crippen molar-refractivity contribution in [2.24, 2.45) is 11.7 Å². The molecule has 2 amide bonds. The third kappa shape index (κ3) is 11.7. The van der Waals surface area contributed by atoms with Crippen molar-refractivity contribution in [1.29, 1.82) is 0 Å². The van der Waals surface area contributed by atoms with E-state index in [0.717, 1.165) is 6.92 Å². The Morgan fingerprint density at radius 2 is 1.57 bits per heavy atom. The summed E-state index contributed by atoms with van der Waals surface area (Å²) in [5.41, 5.74) is 5.91. The monoisotopic (exact) mass is 817 g/mol. The van der Waals surface area contributed by atoms with Crippen molar-refractivity contribution in [3.05, 3.63) is 0 Å². The fourth-order valence-corrected chi connectivity index (χ4v) is 6.50. The maximum atomic E-state index is 12.8. The largest absolute Gasteiger partial charge is 0.480 e. The quantitative estimate of drug-likeness (QED) is 0.0576. The number of rotatable bonds is 19. The number of carbonyl (C=O) groups is 4. The van der Waals surface area contributed by atoms with Crippen molar-refractivity contribution in [3.8, 4) is 0 Å². The number of ether oxygens (including phenoxy) is 6. The number of carboxylic acid groups (broad SMARTS) is 2. The Kier molecular flexibility index (Phi) is 17.7. The topological polar surface area (TPSA) is 396 Å². The summed E-state index contributed by atoms with van der Waals surface area (Å²) in [6.07, 6.45) is -25.1. The molecule has 3 aliphatic heterocycles. The van der Waals surface area contributed by atoms with E-state index in [9.17, 15) is 75.3 Å². The van der Waals surface area contributed by atoms with Crippen LogP contribution in [0.15, 0.2) is 0 Å². The second-order valence-corrected chi connectivity index (χ2v) is 14.3. The van der Waals surface area contributed by atoms with Gasteiger partial charge in [-0.25, -0.2) is 9.59 Å². The molecule has 0 aromatic heterocycles. The number of aliphatic hydroxyl groups excluding tert-OH is 9. The van der Waals surface area contributed by atoms with Crippen LogP contribution in [0.1, 0.15) is 40.0 Å². The van der Waals surface area contributed by atoms with E-state index in [1.807, 2.05) is 0 Å². The number of hydrogen-bond acceptors (Lipinski definition) is 20. The molecule has 0 aromatic carbocycles. The maximum absolute atomic E-state index is 12.8. The van der Waals surface area contributed by atoms with Gasteiger partial charge < -0.3 is 101 Å². The smallest absolute Gasteiger partial charge is 0.364 e. The molecular formula is C32H55N3O21. The maximum Gasteiger partial charge on any atom is 0.364 e. The number of aliphatic hydroxyl groups is 9. The van der Waals surface area contributed by atoms with Gasteiger partial charge in [-0.05, 0) is 12.3 Å². The number of nitrogens with two attached hydrogens (primary N) is 1. The van der Waals surface area contributed by atoms with E-state index in [0.29, 0.717) is 0 Å². The van der Waals surface area contributed by atoms with Gasteiger partial charge in [0, 0.05) is 19.8 Å². The molecule has 56 heavy (non-hydrogen) atoms. The summed E-state index contributed by atoms with van der Waals surface area (Å²) < 4.78 is 33.7. The summed E-state index contributed by atoms with van der Waals surface area (Å²) in [5, 5.41) is 119. The number of carbonyl (C=O) groups excluding carboxylic acids is 2. The van der Waals surface area contributed by atoms with Gasteiger partial charge in [0.25, 0.3) is 5.79 Å². The van der Waals surface area contributed by atoms with Crippen LogP contribution in [0.5, 0.6) is 0 Å². The highest BCUT2D eigenvalue weighted by Gasteiger charge is 2.60. The molecule has 3 saturated heterocycles. The molecule has 0 bridgehead atoms. The average molecular weight is 818 g/mol. The standard InChI is InChI=1S/C32H55N3O21/c1-11(2)4-14(29(47)48)35-28(46)13(33)10-51-20-5-17(23(43)18(8-37)52-20)53-30-25(45)27(24(44)19(9-38)54-30)56-32(31(49)50)6-15(40)21(34-12(3)39)26(55-32)22(42)16(41)7-36/h11,13-27,30,36-38,40-45H,4-10,33H2,1-3H3,(H,34,39)(H,35,46)(H,47,48)(H,49,50)/t13?,14?,15?,16-,17-,18?,19?,20+,21-,22-,23-,24+,25?,26?,27+,30-,32+/m1/s1. The van der Waals surface area contributed by atoms with Crippen LogP contribution in [-0.4, -0.2) is 210 Å². The summed E-state index contributed by atoms with van der Waals surface area (Å²) in [4.78, 5) is 48.8. The van der Waals surface area contributed by atoms with Gasteiger partial charge in [0.05, 0.1) is 44.7 Å². The van der Waals surface area contributed by atoms with Crippen molar-refractivity contribution in [2.75, 3.05) is 26.4 Å². The van der Waals surface area contributed by atoms with Crippen LogP contribution in [0.25, 0.3) is 0 Å². The summed E-state index contributed by atoms with van der Waals surface area (Å²) in [6.45, 7) is 1.16. The van der Waals surface area contributed by atoms with E-state index >= 15 is 0 Å². The lowest BCUT2D eigenvalue weighted by molar-refractivity contribution is -0.379. The molecule has 0 spiro atoms. The Bertz CT molecular complexity index is 1310. The van der Waals surface area contributed by atoms with Crippen LogP contribution in [0.4, 0.5) is 0 Å². The highest BCUT2D eigenvalue weighted by molar-refractivity contribution is 5.86. The van der Waals surface area contributed by atoms with Crippen molar-refractivity contribution < 1.29 is 104 Å². The van der Waals surface area contributed by atoms with Crippen molar-refractivity contribution in [2.45, 2.75) is 144 Å². The van der Waals surface area contributed by atoms with E-state index in [1.54, 1.807) is 13.8 Å². The molecule has 24 nitrogen and oxygen atoms in total. The van der Waals surface area contributed by atoms with Gasteiger partial charge in [0.15, 0.2) is 12.6 Å². The minimum atomic E-state index is -3.05. The highest BCUT2D eigenvalue weighted by Crippen LogP contribution is 2.38. The molecule has 0 saturated carbocycles. The molecule has 0 radical (unpaired) electrons. The Morgan fingerprint density at radius 1 is 0.946 bits per heavy atom. The van der Waals surface area contributed by atoms with Crippen LogP contribution < -0.4 is 16.4 Å². The zero-order chi connectivity index (χ0) is 42.2. The van der Waals surface area contributed by atoms with Gasteiger partial charge in [-0.15, -0.1) is 0 Å². The molecule has 24 heteroatoms. The van der Waals surface area contributed by atoms with Crippen LogP contribution in [-0.2, 0) is 47.6 Å². The second-order valence-electron chi connectivity index (χ2n) is 14.3. The van der Waals surface area contributed by atoms with Gasteiger partial charge in [-0.1, -0.05) is 13.8 Å². The second kappa shape index (κ2) is 20.8. The van der Waals surface area contributed by atoms with Crippen LogP contribution in [0, 0.1) is 5.92 Å². The van der Waals surface area contributed by atoms with Crippen LogP contribution in [0.3, 0.4) is 0 Å². The Hall–Kier alpha value is -2.76. The minimum Gasteiger partial charge on any atom is -0.480 e. The van der Waals surface area contributed by atoms with E-state index in [-0.39, 0.29) is 12.3 Å². The third-order valence-corrected chi connectivity index (χ3v) is 9.46. The molecule has 17 atom stereocenters. The first-order chi connectivity index (χ1) is 26.2. The first-order valence-corrected chi connectivity index (χ1v) is 17.8. The van der Waals surface area contributed by atoms with Gasteiger partial charge in [-0.2, -0.15) is 0 Å². The fourth-order valence-electron chi connectivity index (χ4n) is 6.50. The lowest BCUT2D eigenvalue weighted by Gasteiger charge is -2.50. The van der Waals surface area contributed by atoms with E-state index in [2.05, 4.69) is 10.6 Å². The molecule has 0 aliphatic carbocycles.